The lowest BCUT2D eigenvalue weighted by Gasteiger charge is -2.56. The Morgan fingerprint density at radius 2 is 1.94 bits per heavy atom. The van der Waals surface area contributed by atoms with Crippen molar-refractivity contribution in [2.24, 2.45) is 12.5 Å². The average molecular weight is 495 g/mol. The lowest BCUT2D eigenvalue weighted by atomic mass is 9.59. The van der Waals surface area contributed by atoms with Crippen molar-refractivity contribution in [1.29, 1.82) is 0 Å². The molecule has 2 fully saturated rings. The zero-order valence-corrected chi connectivity index (χ0v) is 19.3. The number of rotatable bonds is 5. The first-order chi connectivity index (χ1) is 16.0. The molecule has 0 bridgehead atoms. The van der Waals surface area contributed by atoms with E-state index in [1.807, 2.05) is 0 Å². The summed E-state index contributed by atoms with van der Waals surface area (Å²) in [6, 6.07) is 5.25. The van der Waals surface area contributed by atoms with Gasteiger partial charge < -0.3 is 4.90 Å². The van der Waals surface area contributed by atoms with Gasteiger partial charge in [0.2, 0.25) is 0 Å². The highest BCUT2D eigenvalue weighted by Crippen LogP contribution is 2.60. The van der Waals surface area contributed by atoms with Crippen LogP contribution in [0.2, 0.25) is 0 Å². The summed E-state index contributed by atoms with van der Waals surface area (Å²) in [7, 11) is 2.18. The molecule has 3 aromatic rings. The number of hydrogen-bond acceptors (Lipinski definition) is 5. The fourth-order valence-corrected chi connectivity index (χ4v) is 6.96. The Balaban J connectivity index is 1.53. The molecule has 1 saturated carbocycles. The largest absolute Gasteiger partial charge is 0.355 e. The molecule has 180 valence electrons. The van der Waals surface area contributed by atoms with Crippen LogP contribution in [0.25, 0.3) is 11.0 Å². The quantitative estimate of drug-likeness (QED) is 0.506. The Morgan fingerprint density at radius 1 is 1.24 bits per heavy atom. The minimum Gasteiger partial charge on any atom is -0.355 e. The SMILES string of the molecule is CN(Cc1cccc(C(F)F)c1F)c1ncnc2c1cc(C1(F)CC3(CS(=O)C3)C1)c(=O)n2C. The molecular weight excluding hydrogens is 472 g/mol. The van der Waals surface area contributed by atoms with E-state index in [1.165, 1.54) is 36.1 Å². The summed E-state index contributed by atoms with van der Waals surface area (Å²) in [5.41, 5.74) is -3.02. The zero-order chi connectivity index (χ0) is 24.4. The maximum Gasteiger partial charge on any atom is 0.266 e. The van der Waals surface area contributed by atoms with E-state index < -0.39 is 39.8 Å². The first-order valence-electron chi connectivity index (χ1n) is 10.7. The van der Waals surface area contributed by atoms with E-state index in [9.17, 15) is 22.2 Å². The molecule has 0 atom stereocenters. The van der Waals surface area contributed by atoms with Crippen LogP contribution in [0.1, 0.15) is 36.0 Å². The number of hydrogen-bond donors (Lipinski definition) is 0. The van der Waals surface area contributed by atoms with E-state index in [2.05, 4.69) is 9.97 Å². The number of pyridine rings is 1. The predicted octanol–water partition coefficient (Wildman–Crippen LogP) is 3.75. The second-order valence-corrected chi connectivity index (χ2v) is 10.8. The van der Waals surface area contributed by atoms with E-state index in [0.717, 1.165) is 6.07 Å². The number of aryl methyl sites for hydroxylation is 1. The fourth-order valence-electron chi connectivity index (χ4n) is 5.27. The van der Waals surface area contributed by atoms with Crippen LogP contribution in [0.5, 0.6) is 0 Å². The predicted molar refractivity (Wildman–Crippen MR) is 121 cm³/mol. The molecule has 1 aliphatic carbocycles. The lowest BCUT2D eigenvalue weighted by Crippen LogP contribution is -2.60. The first kappa shape index (κ1) is 22.9. The third-order valence-electron chi connectivity index (χ3n) is 6.82. The molecule has 1 spiro atoms. The summed E-state index contributed by atoms with van der Waals surface area (Å²) in [6.45, 7) is -0.0770. The monoisotopic (exact) mass is 494 g/mol. The van der Waals surface area contributed by atoms with E-state index >= 15 is 4.39 Å². The van der Waals surface area contributed by atoms with Crippen molar-refractivity contribution in [1.82, 2.24) is 14.5 Å². The molecule has 11 heteroatoms. The number of anilines is 1. The van der Waals surface area contributed by atoms with Gasteiger partial charge in [0, 0.05) is 53.9 Å². The summed E-state index contributed by atoms with van der Waals surface area (Å²) in [5.74, 6) is 0.224. The maximum atomic E-state index is 15.8. The highest BCUT2D eigenvalue weighted by Gasteiger charge is 2.62. The van der Waals surface area contributed by atoms with Gasteiger partial charge >= 0.3 is 0 Å². The standard InChI is InChI=1S/C23H22F4N4O2S/c1-30(7-13-4-3-5-14(17(13)24)18(25)26)19-15-6-16(21(32)31(2)20(15)29-12-28-19)23(27)8-22(9-23)10-34(33)11-22/h3-6,12,18H,7-11H2,1-2H3. The number of alkyl halides is 3. The number of nitrogens with zero attached hydrogens (tertiary/aromatic N) is 4. The third-order valence-corrected chi connectivity index (χ3v) is 8.69. The molecule has 0 unspecified atom stereocenters. The summed E-state index contributed by atoms with van der Waals surface area (Å²) in [6.07, 6.45) is -1.43. The van der Waals surface area contributed by atoms with Crippen LogP contribution in [0.3, 0.4) is 0 Å². The van der Waals surface area contributed by atoms with Crippen LogP contribution in [-0.4, -0.2) is 37.3 Å². The Kier molecular flexibility index (Phi) is 5.30. The Morgan fingerprint density at radius 3 is 2.59 bits per heavy atom. The van der Waals surface area contributed by atoms with Gasteiger partial charge in [-0.05, 0) is 18.9 Å². The van der Waals surface area contributed by atoms with Crippen molar-refractivity contribution in [3.8, 4) is 0 Å². The smallest absolute Gasteiger partial charge is 0.266 e. The Labute approximate surface area is 195 Å². The molecule has 1 saturated heterocycles. The van der Waals surface area contributed by atoms with E-state index in [1.54, 1.807) is 11.9 Å². The lowest BCUT2D eigenvalue weighted by molar-refractivity contribution is -0.0543. The topological polar surface area (TPSA) is 68.1 Å². The fraction of sp³-hybridized carbons (Fsp3) is 0.435. The van der Waals surface area contributed by atoms with Gasteiger partial charge in [-0.15, -0.1) is 0 Å². The second kappa shape index (κ2) is 7.86. The van der Waals surface area contributed by atoms with Crippen LogP contribution in [0.15, 0.2) is 35.4 Å². The Bertz CT molecular complexity index is 1380. The van der Waals surface area contributed by atoms with Crippen LogP contribution in [-0.2, 0) is 30.1 Å². The average Bonchev–Trinajstić information content (AvgIpc) is 2.74. The molecule has 5 rings (SSSR count). The highest BCUT2D eigenvalue weighted by atomic mass is 32.2. The number of fused-ring (bicyclic) bond motifs is 1. The van der Waals surface area contributed by atoms with Gasteiger partial charge in [0.15, 0.2) is 0 Å². The van der Waals surface area contributed by atoms with E-state index in [4.69, 9.17) is 0 Å². The molecule has 0 radical (unpaired) electrons. The van der Waals surface area contributed by atoms with E-state index in [-0.39, 0.29) is 41.6 Å². The van der Waals surface area contributed by atoms with Crippen LogP contribution >= 0.6 is 0 Å². The Hall–Kier alpha value is -2.82. The van der Waals surface area contributed by atoms with Gasteiger partial charge in [0.1, 0.15) is 29.3 Å². The minimum absolute atomic E-state index is 0.0128. The summed E-state index contributed by atoms with van der Waals surface area (Å²) >= 11 is 0. The third kappa shape index (κ3) is 3.52. The van der Waals surface area contributed by atoms with Crippen LogP contribution < -0.4 is 10.5 Å². The van der Waals surface area contributed by atoms with E-state index in [0.29, 0.717) is 22.7 Å². The molecule has 2 aliphatic rings. The normalized spacial score (nSPS) is 26.0. The van der Waals surface area contributed by atoms with Crippen molar-refractivity contribution < 1.29 is 21.8 Å². The molecule has 1 aliphatic heterocycles. The number of aromatic nitrogens is 3. The van der Waals surface area contributed by atoms with Gasteiger partial charge in [-0.1, -0.05) is 18.2 Å². The zero-order valence-electron chi connectivity index (χ0n) is 18.5. The molecule has 2 aromatic heterocycles. The van der Waals surface area contributed by atoms with Gasteiger partial charge in [-0.2, -0.15) is 0 Å². The highest BCUT2D eigenvalue weighted by molar-refractivity contribution is 7.86. The van der Waals surface area contributed by atoms with Gasteiger partial charge in [0.25, 0.3) is 12.0 Å². The van der Waals surface area contributed by atoms with Gasteiger partial charge in [0.05, 0.1) is 16.5 Å². The van der Waals surface area contributed by atoms with Crippen molar-refractivity contribution in [2.45, 2.75) is 31.5 Å². The molecule has 34 heavy (non-hydrogen) atoms. The molecule has 0 N–H and O–H groups in total. The maximum absolute atomic E-state index is 15.8. The van der Waals surface area contributed by atoms with Crippen molar-refractivity contribution in [3.63, 3.8) is 0 Å². The number of halogens is 4. The van der Waals surface area contributed by atoms with Crippen LogP contribution in [0.4, 0.5) is 23.4 Å². The molecular formula is C23H22F4N4O2S. The van der Waals surface area contributed by atoms with Crippen LogP contribution in [0, 0.1) is 11.2 Å². The van der Waals surface area contributed by atoms with Crippen molar-refractivity contribution in [2.75, 3.05) is 23.5 Å². The first-order valence-corrected chi connectivity index (χ1v) is 12.2. The summed E-state index contributed by atoms with van der Waals surface area (Å²) < 4.78 is 69.4. The molecule has 0 amide bonds. The molecule has 3 heterocycles. The van der Waals surface area contributed by atoms with Crippen molar-refractivity contribution in [3.05, 3.63) is 63.5 Å². The number of benzene rings is 1. The summed E-state index contributed by atoms with van der Waals surface area (Å²) in [5, 5.41) is 0.391. The second-order valence-electron chi connectivity index (χ2n) is 9.38. The summed E-state index contributed by atoms with van der Waals surface area (Å²) in [4.78, 5) is 23.0. The van der Waals surface area contributed by atoms with Gasteiger partial charge in [-0.3, -0.25) is 13.6 Å². The van der Waals surface area contributed by atoms with Crippen molar-refractivity contribution >= 4 is 27.7 Å². The minimum atomic E-state index is -2.94. The molecule has 6 nitrogen and oxygen atoms in total. The molecule has 1 aromatic carbocycles. The van der Waals surface area contributed by atoms with Gasteiger partial charge in [-0.25, -0.2) is 27.5 Å².